The van der Waals surface area contributed by atoms with Gasteiger partial charge in [0.15, 0.2) is 6.61 Å². The molecule has 4 nitrogen and oxygen atoms in total. The van der Waals surface area contributed by atoms with Crippen LogP contribution in [0.15, 0.2) is 36.4 Å². The molecule has 0 aromatic heterocycles. The molecule has 3 rings (SSSR count). The zero-order valence-electron chi connectivity index (χ0n) is 15.9. The highest BCUT2D eigenvalue weighted by Gasteiger charge is 2.33. The molecule has 0 atom stereocenters. The van der Waals surface area contributed by atoms with E-state index in [1.54, 1.807) is 23.1 Å². The first kappa shape index (κ1) is 19.1. The van der Waals surface area contributed by atoms with Crippen LogP contribution < -0.4 is 0 Å². The molecular formula is C22H24FNO3. The van der Waals surface area contributed by atoms with E-state index in [4.69, 9.17) is 4.74 Å². The maximum Gasteiger partial charge on any atom is 0.339 e. The third-order valence-electron chi connectivity index (χ3n) is 4.81. The Morgan fingerprint density at radius 1 is 1.11 bits per heavy atom. The van der Waals surface area contributed by atoms with Crippen molar-refractivity contribution in [2.75, 3.05) is 6.61 Å². The van der Waals surface area contributed by atoms with Crippen LogP contribution in [0.4, 0.5) is 4.39 Å². The van der Waals surface area contributed by atoms with Gasteiger partial charge < -0.3 is 9.64 Å². The number of amides is 1. The van der Waals surface area contributed by atoms with E-state index >= 15 is 0 Å². The van der Waals surface area contributed by atoms with Crippen molar-refractivity contribution >= 4 is 11.9 Å². The van der Waals surface area contributed by atoms with E-state index in [-0.39, 0.29) is 30.9 Å². The number of halogens is 1. The van der Waals surface area contributed by atoms with Crippen LogP contribution in [0.1, 0.15) is 45.5 Å². The smallest absolute Gasteiger partial charge is 0.339 e. The second kappa shape index (κ2) is 7.91. The molecule has 142 valence electrons. The summed E-state index contributed by atoms with van der Waals surface area (Å²) in [6.45, 7) is 5.53. The zero-order chi connectivity index (χ0) is 19.6. The number of hydrogen-bond acceptors (Lipinski definition) is 3. The summed E-state index contributed by atoms with van der Waals surface area (Å²) in [5, 5.41) is 0. The predicted octanol–water partition coefficient (Wildman–Crippen LogP) is 4.10. The third kappa shape index (κ3) is 4.54. The lowest BCUT2D eigenvalue weighted by Crippen LogP contribution is -2.36. The lowest BCUT2D eigenvalue weighted by atomic mass is 10.00. The molecular weight excluding hydrogens is 345 g/mol. The molecule has 0 bridgehead atoms. The summed E-state index contributed by atoms with van der Waals surface area (Å²) in [5.41, 5.74) is 3.70. The molecule has 27 heavy (non-hydrogen) atoms. The van der Waals surface area contributed by atoms with Crippen LogP contribution in [0.25, 0.3) is 0 Å². The molecule has 0 N–H and O–H groups in total. The fraction of sp³-hybridized carbons (Fsp3) is 0.364. The van der Waals surface area contributed by atoms with Crippen LogP contribution >= 0.6 is 0 Å². The summed E-state index contributed by atoms with van der Waals surface area (Å²) in [7, 11) is 0. The van der Waals surface area contributed by atoms with Gasteiger partial charge in [0.25, 0.3) is 5.91 Å². The lowest BCUT2D eigenvalue weighted by Gasteiger charge is -2.23. The van der Waals surface area contributed by atoms with Crippen molar-refractivity contribution in [3.63, 3.8) is 0 Å². The average Bonchev–Trinajstić information content (AvgIpc) is 3.43. The highest BCUT2D eigenvalue weighted by Crippen LogP contribution is 2.29. The summed E-state index contributed by atoms with van der Waals surface area (Å²) in [4.78, 5) is 26.7. The monoisotopic (exact) mass is 369 g/mol. The molecule has 1 amide bonds. The summed E-state index contributed by atoms with van der Waals surface area (Å²) >= 11 is 0. The van der Waals surface area contributed by atoms with E-state index in [2.05, 4.69) is 0 Å². The molecule has 0 radical (unpaired) electrons. The SMILES string of the molecule is Cc1cc(C)c(C(=O)OCC(=O)N(Cc2ccccc2F)C2CC2)c(C)c1. The van der Waals surface area contributed by atoms with Gasteiger partial charge in [-0.3, -0.25) is 4.79 Å². The van der Waals surface area contributed by atoms with Gasteiger partial charge in [-0.1, -0.05) is 35.9 Å². The van der Waals surface area contributed by atoms with Crippen LogP contribution in [0.3, 0.4) is 0 Å². The number of carbonyl (C=O) groups is 2. The molecule has 1 fully saturated rings. The topological polar surface area (TPSA) is 46.6 Å². The number of aryl methyl sites for hydroxylation is 3. The molecule has 1 aliphatic carbocycles. The van der Waals surface area contributed by atoms with E-state index in [1.165, 1.54) is 6.07 Å². The Kier molecular flexibility index (Phi) is 5.59. The Hall–Kier alpha value is -2.69. The average molecular weight is 369 g/mol. The Morgan fingerprint density at radius 3 is 2.33 bits per heavy atom. The van der Waals surface area contributed by atoms with E-state index in [0.29, 0.717) is 11.1 Å². The van der Waals surface area contributed by atoms with Crippen molar-refractivity contribution in [3.05, 3.63) is 70.0 Å². The van der Waals surface area contributed by atoms with Crippen molar-refractivity contribution < 1.29 is 18.7 Å². The maximum absolute atomic E-state index is 13.9. The van der Waals surface area contributed by atoms with Crippen LogP contribution in [-0.2, 0) is 16.1 Å². The van der Waals surface area contributed by atoms with E-state index in [9.17, 15) is 14.0 Å². The lowest BCUT2D eigenvalue weighted by molar-refractivity contribution is -0.135. The Labute approximate surface area is 158 Å². The van der Waals surface area contributed by atoms with E-state index in [1.807, 2.05) is 32.9 Å². The summed E-state index contributed by atoms with van der Waals surface area (Å²) < 4.78 is 19.2. The molecule has 0 heterocycles. The van der Waals surface area contributed by atoms with E-state index in [0.717, 1.165) is 29.5 Å². The van der Waals surface area contributed by atoms with Gasteiger partial charge >= 0.3 is 5.97 Å². The Bertz CT molecular complexity index is 851. The minimum Gasteiger partial charge on any atom is -0.452 e. The fourth-order valence-corrected chi connectivity index (χ4v) is 3.40. The summed E-state index contributed by atoms with van der Waals surface area (Å²) in [6.07, 6.45) is 1.79. The van der Waals surface area contributed by atoms with Crippen LogP contribution in [0.2, 0.25) is 0 Å². The number of rotatable bonds is 6. The first-order valence-corrected chi connectivity index (χ1v) is 9.14. The molecule has 2 aromatic carbocycles. The summed E-state index contributed by atoms with van der Waals surface area (Å²) in [5.74, 6) is -1.13. The molecule has 1 saturated carbocycles. The van der Waals surface area contributed by atoms with Crippen LogP contribution in [0, 0.1) is 26.6 Å². The first-order chi connectivity index (χ1) is 12.9. The minimum absolute atomic E-state index is 0.0960. The number of nitrogens with zero attached hydrogens (tertiary/aromatic N) is 1. The Morgan fingerprint density at radius 2 is 1.74 bits per heavy atom. The van der Waals surface area contributed by atoms with Gasteiger partial charge in [0.05, 0.1) is 5.56 Å². The summed E-state index contributed by atoms with van der Waals surface area (Å²) in [6, 6.07) is 10.4. The second-order valence-corrected chi connectivity index (χ2v) is 7.19. The highest BCUT2D eigenvalue weighted by atomic mass is 19.1. The number of ether oxygens (including phenoxy) is 1. The molecule has 0 saturated heterocycles. The highest BCUT2D eigenvalue weighted by molar-refractivity contribution is 5.94. The predicted molar refractivity (Wildman–Crippen MR) is 101 cm³/mol. The number of hydrogen-bond donors (Lipinski definition) is 0. The second-order valence-electron chi connectivity index (χ2n) is 7.19. The number of carbonyl (C=O) groups excluding carboxylic acids is 2. The zero-order valence-corrected chi connectivity index (χ0v) is 15.9. The fourth-order valence-electron chi connectivity index (χ4n) is 3.40. The van der Waals surface area contributed by atoms with Gasteiger partial charge in [-0.2, -0.15) is 0 Å². The molecule has 5 heteroatoms. The molecule has 0 spiro atoms. The molecule has 0 unspecified atom stereocenters. The largest absolute Gasteiger partial charge is 0.452 e. The van der Waals surface area contributed by atoms with Gasteiger partial charge in [-0.15, -0.1) is 0 Å². The first-order valence-electron chi connectivity index (χ1n) is 9.14. The van der Waals surface area contributed by atoms with Crippen LogP contribution in [-0.4, -0.2) is 29.4 Å². The van der Waals surface area contributed by atoms with Crippen LogP contribution in [0.5, 0.6) is 0 Å². The van der Waals surface area contributed by atoms with Gasteiger partial charge in [-0.05, 0) is 50.8 Å². The normalized spacial score (nSPS) is 13.3. The molecule has 0 aliphatic heterocycles. The van der Waals surface area contributed by atoms with E-state index < -0.39 is 5.97 Å². The maximum atomic E-state index is 13.9. The third-order valence-corrected chi connectivity index (χ3v) is 4.81. The Balaban J connectivity index is 1.67. The van der Waals surface area contributed by atoms with Crippen molar-refractivity contribution in [1.82, 2.24) is 4.90 Å². The molecule has 2 aromatic rings. The number of benzene rings is 2. The standard InChI is InChI=1S/C22H24FNO3/c1-14-10-15(2)21(16(3)11-14)22(26)27-13-20(25)24(18-8-9-18)12-17-6-4-5-7-19(17)23/h4-7,10-11,18H,8-9,12-13H2,1-3H3. The van der Waals surface area contributed by atoms with Crippen molar-refractivity contribution in [1.29, 1.82) is 0 Å². The van der Waals surface area contributed by atoms with Gasteiger partial charge in [0.2, 0.25) is 0 Å². The van der Waals surface area contributed by atoms with Gasteiger partial charge in [-0.25, -0.2) is 9.18 Å². The van der Waals surface area contributed by atoms with Gasteiger partial charge in [0.1, 0.15) is 5.82 Å². The minimum atomic E-state index is -0.500. The number of esters is 1. The van der Waals surface area contributed by atoms with Gasteiger partial charge in [0, 0.05) is 18.2 Å². The van der Waals surface area contributed by atoms with Crippen molar-refractivity contribution in [2.45, 2.75) is 46.2 Å². The molecule has 1 aliphatic rings. The van der Waals surface area contributed by atoms with Crippen molar-refractivity contribution in [2.24, 2.45) is 0 Å². The quantitative estimate of drug-likeness (QED) is 0.720. The van der Waals surface area contributed by atoms with Crippen molar-refractivity contribution in [3.8, 4) is 0 Å².